The van der Waals surface area contributed by atoms with E-state index in [1.54, 1.807) is 55.6 Å². The Morgan fingerprint density at radius 1 is 0.935 bits per heavy atom. The van der Waals surface area contributed by atoms with Gasteiger partial charge in [0.15, 0.2) is 11.5 Å². The number of rotatable bonds is 6. The smallest absolute Gasteiger partial charge is 0.279 e. The second-order valence-electron chi connectivity index (χ2n) is 6.98. The van der Waals surface area contributed by atoms with Crippen molar-refractivity contribution in [3.05, 3.63) is 89.7 Å². The van der Waals surface area contributed by atoms with Gasteiger partial charge < -0.3 is 9.47 Å². The Morgan fingerprint density at radius 2 is 1.68 bits per heavy atom. The molecule has 160 valence electrons. The predicted molar refractivity (Wildman–Crippen MR) is 115 cm³/mol. The highest BCUT2D eigenvalue weighted by Gasteiger charge is 2.38. The van der Waals surface area contributed by atoms with Crippen molar-refractivity contribution in [3.8, 4) is 11.5 Å². The van der Waals surface area contributed by atoms with Gasteiger partial charge in [0.1, 0.15) is 5.82 Å². The molecular weight excluding hydrogens is 419 g/mol. The third-order valence-electron chi connectivity index (χ3n) is 5.11. The van der Waals surface area contributed by atoms with Crippen LogP contribution in [-0.4, -0.2) is 32.8 Å². The first-order chi connectivity index (χ1) is 14.9. The van der Waals surface area contributed by atoms with E-state index in [9.17, 15) is 12.8 Å². The minimum atomic E-state index is -3.95. The number of hydrogen-bond donors (Lipinski definition) is 0. The van der Waals surface area contributed by atoms with Gasteiger partial charge in [-0.1, -0.05) is 30.3 Å². The van der Waals surface area contributed by atoms with E-state index in [-0.39, 0.29) is 11.3 Å². The molecule has 0 radical (unpaired) electrons. The van der Waals surface area contributed by atoms with Crippen molar-refractivity contribution in [2.24, 2.45) is 5.10 Å². The molecule has 1 aliphatic rings. The van der Waals surface area contributed by atoms with Crippen LogP contribution in [0.3, 0.4) is 0 Å². The topological polar surface area (TPSA) is 68.2 Å². The predicted octanol–water partition coefficient (Wildman–Crippen LogP) is 4.38. The van der Waals surface area contributed by atoms with Crippen molar-refractivity contribution >= 4 is 15.7 Å². The summed E-state index contributed by atoms with van der Waals surface area (Å²) in [5.41, 5.74) is 1.78. The Bertz CT molecular complexity index is 1230. The lowest BCUT2D eigenvalue weighted by atomic mass is 9.99. The van der Waals surface area contributed by atoms with E-state index >= 15 is 0 Å². The SMILES string of the molecule is COc1ccc(C2=NN(S(=O)(=O)c3ccccc3)[C@H](c3cccc(F)c3)C2)cc1OC. The average molecular weight is 440 g/mol. The fourth-order valence-electron chi connectivity index (χ4n) is 3.56. The van der Waals surface area contributed by atoms with E-state index in [2.05, 4.69) is 5.10 Å². The summed E-state index contributed by atoms with van der Waals surface area (Å²) in [6.45, 7) is 0. The standard InChI is InChI=1S/C23H21FN2O4S/c1-29-22-12-11-16(14-23(22)30-2)20-15-21(17-7-6-8-18(24)13-17)26(25-20)31(27,28)19-9-4-3-5-10-19/h3-14,21H,15H2,1-2H3/t21-/m0/s1. The number of hydrogen-bond acceptors (Lipinski definition) is 5. The average Bonchev–Trinajstić information content (AvgIpc) is 3.26. The Kier molecular flexibility index (Phi) is 5.65. The van der Waals surface area contributed by atoms with Gasteiger partial charge in [0.05, 0.1) is 30.9 Å². The maximum Gasteiger partial charge on any atom is 0.279 e. The van der Waals surface area contributed by atoms with Crippen LogP contribution in [0.25, 0.3) is 0 Å². The van der Waals surface area contributed by atoms with Crippen LogP contribution in [0, 0.1) is 5.82 Å². The minimum absolute atomic E-state index is 0.119. The molecule has 4 rings (SSSR count). The molecule has 0 unspecified atom stereocenters. The number of hydrazone groups is 1. The maximum absolute atomic E-state index is 13.9. The van der Waals surface area contributed by atoms with Gasteiger partial charge in [-0.25, -0.2) is 4.39 Å². The Balaban J connectivity index is 1.81. The zero-order valence-corrected chi connectivity index (χ0v) is 17.8. The molecule has 8 heteroatoms. The van der Waals surface area contributed by atoms with Gasteiger partial charge in [0.25, 0.3) is 10.0 Å². The lowest BCUT2D eigenvalue weighted by Gasteiger charge is -2.23. The molecule has 1 atom stereocenters. The quantitative estimate of drug-likeness (QED) is 0.570. The molecule has 0 saturated heterocycles. The first kappa shape index (κ1) is 20.9. The van der Waals surface area contributed by atoms with Crippen LogP contribution in [0.15, 0.2) is 82.8 Å². The van der Waals surface area contributed by atoms with E-state index < -0.39 is 21.9 Å². The molecule has 0 aromatic heterocycles. The fourth-order valence-corrected chi connectivity index (χ4v) is 5.02. The van der Waals surface area contributed by atoms with Crippen LogP contribution in [0.2, 0.25) is 0 Å². The largest absolute Gasteiger partial charge is 0.493 e. The molecule has 1 aliphatic heterocycles. The summed E-state index contributed by atoms with van der Waals surface area (Å²) in [4.78, 5) is 0.119. The third-order valence-corrected chi connectivity index (χ3v) is 6.81. The van der Waals surface area contributed by atoms with Gasteiger partial charge in [-0.2, -0.15) is 17.9 Å². The number of halogens is 1. The van der Waals surface area contributed by atoms with Crippen molar-refractivity contribution in [1.82, 2.24) is 4.41 Å². The van der Waals surface area contributed by atoms with Gasteiger partial charge in [0, 0.05) is 12.0 Å². The van der Waals surface area contributed by atoms with E-state index in [0.29, 0.717) is 28.3 Å². The monoisotopic (exact) mass is 440 g/mol. The lowest BCUT2D eigenvalue weighted by molar-refractivity contribution is 0.355. The van der Waals surface area contributed by atoms with Crippen molar-refractivity contribution in [1.29, 1.82) is 0 Å². The number of benzene rings is 3. The number of nitrogens with zero attached hydrogens (tertiary/aromatic N) is 2. The highest BCUT2D eigenvalue weighted by Crippen LogP contribution is 2.38. The van der Waals surface area contributed by atoms with Crippen LogP contribution in [-0.2, 0) is 10.0 Å². The Morgan fingerprint density at radius 3 is 2.35 bits per heavy atom. The number of methoxy groups -OCH3 is 2. The van der Waals surface area contributed by atoms with Crippen LogP contribution < -0.4 is 9.47 Å². The molecule has 3 aromatic rings. The summed E-state index contributed by atoms with van der Waals surface area (Å²) in [5, 5.41) is 4.47. The molecule has 31 heavy (non-hydrogen) atoms. The molecular formula is C23H21FN2O4S. The molecule has 0 fully saturated rings. The van der Waals surface area contributed by atoms with Gasteiger partial charge >= 0.3 is 0 Å². The molecule has 0 aliphatic carbocycles. The molecule has 0 spiro atoms. The van der Waals surface area contributed by atoms with Crippen molar-refractivity contribution in [2.45, 2.75) is 17.4 Å². The van der Waals surface area contributed by atoms with E-state index in [1.807, 2.05) is 0 Å². The summed E-state index contributed by atoms with van der Waals surface area (Å²) < 4.78 is 52.4. The van der Waals surface area contributed by atoms with E-state index in [4.69, 9.17) is 9.47 Å². The van der Waals surface area contributed by atoms with Crippen LogP contribution in [0.1, 0.15) is 23.6 Å². The second-order valence-corrected chi connectivity index (χ2v) is 8.78. The van der Waals surface area contributed by atoms with Gasteiger partial charge in [-0.15, -0.1) is 0 Å². The van der Waals surface area contributed by atoms with Crippen LogP contribution >= 0.6 is 0 Å². The van der Waals surface area contributed by atoms with Gasteiger partial charge in [0.2, 0.25) is 0 Å². The molecule has 1 heterocycles. The molecule has 6 nitrogen and oxygen atoms in total. The number of sulfonamides is 1. The number of ether oxygens (including phenoxy) is 2. The maximum atomic E-state index is 13.9. The normalized spacial score (nSPS) is 16.2. The Labute approximate surface area is 180 Å². The Hall–Kier alpha value is -3.39. The summed E-state index contributed by atoms with van der Waals surface area (Å²) in [7, 11) is -0.883. The summed E-state index contributed by atoms with van der Waals surface area (Å²) in [6.07, 6.45) is 0.283. The van der Waals surface area contributed by atoms with E-state index in [1.165, 1.54) is 31.4 Å². The fraction of sp³-hybridized carbons (Fsp3) is 0.174. The lowest BCUT2D eigenvalue weighted by Crippen LogP contribution is -2.27. The van der Waals surface area contributed by atoms with Crippen LogP contribution in [0.4, 0.5) is 4.39 Å². The molecule has 0 bridgehead atoms. The van der Waals surface area contributed by atoms with Gasteiger partial charge in [-0.3, -0.25) is 0 Å². The minimum Gasteiger partial charge on any atom is -0.493 e. The first-order valence-electron chi connectivity index (χ1n) is 9.59. The highest BCUT2D eigenvalue weighted by molar-refractivity contribution is 7.89. The summed E-state index contributed by atoms with van der Waals surface area (Å²) >= 11 is 0. The van der Waals surface area contributed by atoms with Crippen molar-refractivity contribution in [2.75, 3.05) is 14.2 Å². The molecule has 0 saturated carbocycles. The molecule has 0 N–H and O–H groups in total. The molecule has 0 amide bonds. The first-order valence-corrected chi connectivity index (χ1v) is 11.0. The van der Waals surface area contributed by atoms with Crippen molar-refractivity contribution < 1.29 is 22.3 Å². The third kappa shape index (κ3) is 3.98. The van der Waals surface area contributed by atoms with E-state index in [0.717, 1.165) is 4.41 Å². The highest BCUT2D eigenvalue weighted by atomic mass is 32.2. The summed E-state index contributed by atoms with van der Waals surface area (Å²) in [5.74, 6) is 0.629. The molecule has 3 aromatic carbocycles. The summed E-state index contributed by atoms with van der Waals surface area (Å²) in [6, 6.07) is 18.6. The van der Waals surface area contributed by atoms with Crippen LogP contribution in [0.5, 0.6) is 11.5 Å². The van der Waals surface area contributed by atoms with Crippen molar-refractivity contribution in [3.63, 3.8) is 0 Å². The zero-order valence-electron chi connectivity index (χ0n) is 17.0. The zero-order chi connectivity index (χ0) is 22.0. The van der Waals surface area contributed by atoms with Gasteiger partial charge in [-0.05, 0) is 48.0 Å². The second kappa shape index (κ2) is 8.39.